The van der Waals surface area contributed by atoms with Crippen molar-refractivity contribution in [3.63, 3.8) is 0 Å². The molecule has 0 amide bonds. The van der Waals surface area contributed by atoms with E-state index >= 15 is 0 Å². The lowest BCUT2D eigenvalue weighted by Crippen LogP contribution is -2.45. The van der Waals surface area contributed by atoms with E-state index in [-0.39, 0.29) is 5.54 Å². The van der Waals surface area contributed by atoms with Crippen LogP contribution >= 0.6 is 11.6 Å². The van der Waals surface area contributed by atoms with Crippen LogP contribution in [0.5, 0.6) is 5.75 Å². The Labute approximate surface area is 160 Å². The van der Waals surface area contributed by atoms with Crippen LogP contribution in [0.15, 0.2) is 60.9 Å². The molecule has 2 aromatic carbocycles. The third-order valence-corrected chi connectivity index (χ3v) is 4.75. The highest BCUT2D eigenvalue weighted by atomic mass is 35.5. The number of allylic oxidation sites excluding steroid dienone is 1. The van der Waals surface area contributed by atoms with Gasteiger partial charge in [-0.25, -0.2) is 0 Å². The Morgan fingerprint density at radius 3 is 2.54 bits per heavy atom. The Kier molecular flexibility index (Phi) is 5.01. The van der Waals surface area contributed by atoms with E-state index < -0.39 is 0 Å². The molecule has 4 heteroatoms. The van der Waals surface area contributed by atoms with E-state index in [1.807, 2.05) is 37.3 Å². The zero-order valence-electron chi connectivity index (χ0n) is 15.8. The summed E-state index contributed by atoms with van der Waals surface area (Å²) in [6.45, 7) is 13.5. The molecular formula is C22H25ClN2O. The average molecular weight is 369 g/mol. The first kappa shape index (κ1) is 18.4. The van der Waals surface area contributed by atoms with Crippen LogP contribution in [0, 0.1) is 0 Å². The lowest BCUT2D eigenvalue weighted by molar-refractivity contribution is 0.340. The van der Waals surface area contributed by atoms with Gasteiger partial charge in [-0.05, 0) is 75.7 Å². The number of anilines is 2. The maximum Gasteiger partial charge on any atom is 0.120 e. The number of ether oxygens (including phenoxy) is 1. The highest BCUT2D eigenvalue weighted by Gasteiger charge is 2.33. The average Bonchev–Trinajstić information content (AvgIpc) is 2.57. The van der Waals surface area contributed by atoms with Crippen molar-refractivity contribution in [2.75, 3.05) is 16.8 Å². The van der Waals surface area contributed by atoms with Crippen molar-refractivity contribution in [1.82, 2.24) is 0 Å². The normalized spacial score (nSPS) is 15.1. The van der Waals surface area contributed by atoms with Gasteiger partial charge in [0, 0.05) is 16.3 Å². The fourth-order valence-electron chi connectivity index (χ4n) is 3.51. The number of nitrogens with zero attached hydrogens (tertiary/aromatic N) is 1. The van der Waals surface area contributed by atoms with E-state index in [2.05, 4.69) is 55.8 Å². The Bertz CT molecular complexity index is 853. The lowest BCUT2D eigenvalue weighted by atomic mass is 9.88. The Morgan fingerprint density at radius 2 is 1.88 bits per heavy atom. The minimum absolute atomic E-state index is 0.208. The summed E-state index contributed by atoms with van der Waals surface area (Å²) in [6, 6.07) is 13.8. The summed E-state index contributed by atoms with van der Waals surface area (Å²) >= 11 is 5.99. The molecule has 2 aromatic rings. The molecule has 1 aliphatic rings. The van der Waals surface area contributed by atoms with Crippen LogP contribution in [-0.4, -0.2) is 12.1 Å². The summed E-state index contributed by atoms with van der Waals surface area (Å²) in [5, 5.41) is 4.12. The van der Waals surface area contributed by atoms with E-state index in [4.69, 9.17) is 16.3 Å². The van der Waals surface area contributed by atoms with Gasteiger partial charge in [-0.1, -0.05) is 24.3 Å². The molecule has 0 saturated carbocycles. The fraction of sp³-hybridized carbons (Fsp3) is 0.273. The molecule has 0 atom stereocenters. The molecule has 0 radical (unpaired) electrons. The summed E-state index contributed by atoms with van der Waals surface area (Å²) in [7, 11) is 0. The first-order valence-electron chi connectivity index (χ1n) is 8.80. The van der Waals surface area contributed by atoms with Crippen molar-refractivity contribution in [3.05, 3.63) is 71.5 Å². The monoisotopic (exact) mass is 368 g/mol. The number of rotatable bonds is 5. The quantitative estimate of drug-likeness (QED) is 0.667. The number of benzene rings is 2. The van der Waals surface area contributed by atoms with Crippen LogP contribution in [0.3, 0.4) is 0 Å². The summed E-state index contributed by atoms with van der Waals surface area (Å²) in [4.78, 5) is 2.22. The van der Waals surface area contributed by atoms with Gasteiger partial charge in [0.05, 0.1) is 17.8 Å². The molecule has 3 nitrogen and oxygen atoms in total. The highest BCUT2D eigenvalue weighted by Crippen LogP contribution is 2.42. The molecule has 0 fully saturated rings. The smallest absolute Gasteiger partial charge is 0.120 e. The fourth-order valence-corrected chi connectivity index (χ4v) is 3.64. The van der Waals surface area contributed by atoms with Gasteiger partial charge < -0.3 is 15.0 Å². The van der Waals surface area contributed by atoms with E-state index in [1.165, 1.54) is 5.57 Å². The van der Waals surface area contributed by atoms with Crippen molar-refractivity contribution in [3.8, 4) is 5.75 Å². The summed E-state index contributed by atoms with van der Waals surface area (Å²) < 4.78 is 5.68. The van der Waals surface area contributed by atoms with Crippen molar-refractivity contribution in [2.24, 2.45) is 0 Å². The van der Waals surface area contributed by atoms with Gasteiger partial charge in [0.25, 0.3) is 0 Å². The highest BCUT2D eigenvalue weighted by molar-refractivity contribution is 6.30. The van der Waals surface area contributed by atoms with Gasteiger partial charge in [-0.2, -0.15) is 0 Å². The first-order chi connectivity index (χ1) is 12.3. The number of hydrogen-bond acceptors (Lipinski definition) is 3. The topological polar surface area (TPSA) is 24.5 Å². The molecule has 0 unspecified atom stereocenters. The summed E-state index contributed by atoms with van der Waals surface area (Å²) in [5.41, 5.74) is 4.26. The molecule has 1 N–H and O–H groups in total. The zero-order chi connectivity index (χ0) is 18.9. The summed E-state index contributed by atoms with van der Waals surface area (Å²) in [5.74, 6) is 1.70. The maximum atomic E-state index is 5.99. The van der Waals surface area contributed by atoms with Crippen molar-refractivity contribution in [1.29, 1.82) is 0 Å². The van der Waals surface area contributed by atoms with Crippen molar-refractivity contribution >= 4 is 28.5 Å². The molecule has 26 heavy (non-hydrogen) atoms. The Morgan fingerprint density at radius 1 is 1.19 bits per heavy atom. The second kappa shape index (κ2) is 7.08. The molecule has 0 saturated heterocycles. The molecule has 0 spiro atoms. The molecule has 136 valence electrons. The number of nitrogens with one attached hydrogen (secondary N) is 1. The van der Waals surface area contributed by atoms with Gasteiger partial charge in [0.2, 0.25) is 0 Å². The van der Waals surface area contributed by atoms with E-state index in [0.29, 0.717) is 11.6 Å². The van der Waals surface area contributed by atoms with E-state index in [9.17, 15) is 0 Å². The van der Waals surface area contributed by atoms with Gasteiger partial charge in [0.1, 0.15) is 11.6 Å². The molecule has 0 aromatic heterocycles. The van der Waals surface area contributed by atoms with Gasteiger partial charge in [-0.3, -0.25) is 0 Å². The standard InChI is InChI=1S/C22H25ClN2O/c1-6-26-19-11-12-21-20(13-19)15(2)14-22(4,5)25(21)16(3)24-18-9-7-17(23)8-10-18/h7-14,24H,3,6H2,1-2,4-5H3. The minimum Gasteiger partial charge on any atom is -0.494 e. The predicted molar refractivity (Wildman–Crippen MR) is 112 cm³/mol. The molecule has 1 aliphatic heterocycles. The number of halogens is 1. The number of hydrogen-bond donors (Lipinski definition) is 1. The summed E-state index contributed by atoms with van der Waals surface area (Å²) in [6.07, 6.45) is 2.26. The molecule has 0 aliphatic carbocycles. The second-order valence-electron chi connectivity index (χ2n) is 7.01. The Balaban J connectivity index is 1.97. The lowest BCUT2D eigenvalue weighted by Gasteiger charge is -2.44. The molecular weight excluding hydrogens is 344 g/mol. The van der Waals surface area contributed by atoms with Gasteiger partial charge in [-0.15, -0.1) is 0 Å². The molecule has 3 rings (SSSR count). The number of fused-ring (bicyclic) bond motifs is 1. The van der Waals surface area contributed by atoms with Crippen LogP contribution in [0.25, 0.3) is 5.57 Å². The van der Waals surface area contributed by atoms with E-state index in [1.54, 1.807) is 0 Å². The zero-order valence-corrected chi connectivity index (χ0v) is 16.5. The van der Waals surface area contributed by atoms with Crippen LogP contribution in [-0.2, 0) is 0 Å². The minimum atomic E-state index is -0.208. The predicted octanol–water partition coefficient (Wildman–Crippen LogP) is 6.32. The SMILES string of the molecule is C=C(Nc1ccc(Cl)cc1)N1c2ccc(OCC)cc2C(C)=CC1(C)C. The van der Waals surface area contributed by atoms with Crippen molar-refractivity contribution < 1.29 is 4.74 Å². The molecule has 0 bridgehead atoms. The van der Waals surface area contributed by atoms with Crippen LogP contribution in [0.1, 0.15) is 33.3 Å². The largest absolute Gasteiger partial charge is 0.494 e. The van der Waals surface area contributed by atoms with Crippen LogP contribution in [0.4, 0.5) is 11.4 Å². The third kappa shape index (κ3) is 3.58. The van der Waals surface area contributed by atoms with E-state index in [0.717, 1.165) is 28.5 Å². The van der Waals surface area contributed by atoms with Crippen molar-refractivity contribution in [2.45, 2.75) is 33.2 Å². The molecule has 1 heterocycles. The Hall–Kier alpha value is -2.39. The first-order valence-corrected chi connectivity index (χ1v) is 9.18. The third-order valence-electron chi connectivity index (χ3n) is 4.49. The van der Waals surface area contributed by atoms with Gasteiger partial charge in [0.15, 0.2) is 0 Å². The van der Waals surface area contributed by atoms with Gasteiger partial charge >= 0.3 is 0 Å². The maximum absolute atomic E-state index is 5.99. The van der Waals surface area contributed by atoms with Crippen LogP contribution in [0.2, 0.25) is 5.02 Å². The second-order valence-corrected chi connectivity index (χ2v) is 7.44. The van der Waals surface area contributed by atoms with Crippen LogP contribution < -0.4 is 15.0 Å².